The summed E-state index contributed by atoms with van der Waals surface area (Å²) in [6.45, 7) is 7.08. The molecule has 0 spiro atoms. The molecule has 0 saturated heterocycles. The van der Waals surface area contributed by atoms with Gasteiger partial charge in [0.1, 0.15) is 18.5 Å². The van der Waals surface area contributed by atoms with Crippen LogP contribution in [-0.4, -0.2) is 23.3 Å². The Morgan fingerprint density at radius 3 is 2.48 bits per heavy atom. The summed E-state index contributed by atoms with van der Waals surface area (Å²) in [5.41, 5.74) is 7.20. The lowest BCUT2D eigenvalue weighted by Gasteiger charge is -2.13. The third-order valence-corrected chi connectivity index (χ3v) is 3.02. The van der Waals surface area contributed by atoms with Gasteiger partial charge in [-0.25, -0.2) is 9.83 Å². The number of nitrogens with two attached hydrogens (primary N) is 1. The zero-order chi connectivity index (χ0) is 16.8. The Kier molecular flexibility index (Phi) is 4.74. The van der Waals surface area contributed by atoms with Crippen molar-refractivity contribution < 1.29 is 9.84 Å². The number of benzene rings is 1. The van der Waals surface area contributed by atoms with Crippen LogP contribution in [0.5, 0.6) is 5.88 Å². The molecule has 1 aromatic carbocycles. The number of hydrogen-bond donors (Lipinski definition) is 2. The molecule has 0 saturated carbocycles. The Labute approximate surface area is 132 Å². The van der Waals surface area contributed by atoms with Gasteiger partial charge in [-0.3, -0.25) is 0 Å². The van der Waals surface area contributed by atoms with E-state index in [0.717, 1.165) is 0 Å². The Morgan fingerprint density at radius 2 is 1.96 bits per heavy atom. The molecule has 0 bridgehead atoms. The minimum absolute atomic E-state index is 0.0360. The molecule has 3 N–H and O–H groups in total. The molecule has 23 heavy (non-hydrogen) atoms. The monoisotopic (exact) mass is 305 g/mol. The summed E-state index contributed by atoms with van der Waals surface area (Å²) in [7, 11) is 0. The van der Waals surface area contributed by atoms with Gasteiger partial charge in [0.05, 0.1) is 30.4 Å². The van der Waals surface area contributed by atoms with Gasteiger partial charge in [0.15, 0.2) is 0 Å². The molecule has 0 aliphatic heterocycles. The van der Waals surface area contributed by atoms with E-state index in [-0.39, 0.29) is 36.2 Å². The largest absolute Gasteiger partial charge is 0.484 e. The van der Waals surface area contributed by atoms with E-state index in [1.165, 1.54) is 0 Å². The lowest BCUT2D eigenvalue weighted by atomic mass is 9.98. The molecule has 1 heterocycles. The maximum atomic E-state index is 9.34. The van der Waals surface area contributed by atoms with Crippen molar-refractivity contribution in [3.63, 3.8) is 0 Å². The SMILES string of the molecule is [C-]#[N+]c1c(OCCO)nc(N)c(C#N)c1-c1ccc(C#N)cc1. The Hall–Kier alpha value is -3.60. The van der Waals surface area contributed by atoms with E-state index < -0.39 is 0 Å². The average Bonchev–Trinajstić information content (AvgIpc) is 2.59. The average molecular weight is 305 g/mol. The maximum absolute atomic E-state index is 9.34. The standard InChI is InChI=1S/C16H11N5O2/c1-20-14-13(11-4-2-10(8-17)3-5-11)12(9-18)15(19)21-16(14)23-7-6-22/h2-5,22H,6-7H2,(H2,19,21). The predicted molar refractivity (Wildman–Crippen MR) is 82.4 cm³/mol. The van der Waals surface area contributed by atoms with Crippen molar-refractivity contribution in [1.29, 1.82) is 10.5 Å². The van der Waals surface area contributed by atoms with Gasteiger partial charge in [0, 0.05) is 5.56 Å². The van der Waals surface area contributed by atoms with Gasteiger partial charge in [-0.2, -0.15) is 10.5 Å². The molecule has 7 heteroatoms. The number of aromatic nitrogens is 1. The normalized spacial score (nSPS) is 9.48. The van der Waals surface area contributed by atoms with E-state index in [4.69, 9.17) is 27.4 Å². The van der Waals surface area contributed by atoms with Crippen LogP contribution in [0.2, 0.25) is 0 Å². The first-order valence-corrected chi connectivity index (χ1v) is 6.51. The zero-order valence-corrected chi connectivity index (χ0v) is 11.9. The fourth-order valence-electron chi connectivity index (χ4n) is 2.02. The first kappa shape index (κ1) is 15.8. The van der Waals surface area contributed by atoms with Crippen LogP contribution in [0, 0.1) is 29.2 Å². The Morgan fingerprint density at radius 1 is 1.26 bits per heavy atom. The van der Waals surface area contributed by atoms with Gasteiger partial charge < -0.3 is 15.6 Å². The summed E-state index contributed by atoms with van der Waals surface area (Å²) in [6, 6.07) is 10.4. The van der Waals surface area contributed by atoms with Gasteiger partial charge in [0.2, 0.25) is 5.88 Å². The molecular formula is C16H11N5O2. The molecule has 112 valence electrons. The zero-order valence-electron chi connectivity index (χ0n) is 11.9. The number of nitrogens with zero attached hydrogens (tertiary/aromatic N) is 4. The van der Waals surface area contributed by atoms with E-state index in [0.29, 0.717) is 16.7 Å². The minimum Gasteiger partial charge on any atom is -0.484 e. The predicted octanol–water partition coefficient (Wildman–Crippen LogP) is 2.00. The van der Waals surface area contributed by atoms with Crippen molar-refractivity contribution in [3.8, 4) is 29.1 Å². The summed E-state index contributed by atoms with van der Waals surface area (Å²) in [5, 5.41) is 27.1. The molecule has 1 aromatic heterocycles. The van der Waals surface area contributed by atoms with Crippen LogP contribution in [0.25, 0.3) is 16.0 Å². The second kappa shape index (κ2) is 6.91. The maximum Gasteiger partial charge on any atom is 0.256 e. The molecule has 0 radical (unpaired) electrons. The highest BCUT2D eigenvalue weighted by molar-refractivity contribution is 5.89. The third-order valence-electron chi connectivity index (χ3n) is 3.02. The number of aliphatic hydroxyl groups excluding tert-OH is 1. The number of hydrogen-bond acceptors (Lipinski definition) is 6. The summed E-state index contributed by atoms with van der Waals surface area (Å²) in [6.07, 6.45) is 0. The van der Waals surface area contributed by atoms with E-state index >= 15 is 0 Å². The molecule has 0 amide bonds. The molecule has 7 nitrogen and oxygen atoms in total. The lowest BCUT2D eigenvalue weighted by Crippen LogP contribution is -2.06. The van der Waals surface area contributed by atoms with Gasteiger partial charge in [-0.05, 0) is 17.7 Å². The highest BCUT2D eigenvalue weighted by Gasteiger charge is 2.21. The van der Waals surface area contributed by atoms with E-state index in [1.807, 2.05) is 12.1 Å². The Balaban J connectivity index is 2.73. The number of nitrogen functional groups attached to an aromatic ring is 1. The van der Waals surface area contributed by atoms with Crippen molar-refractivity contribution in [3.05, 3.63) is 46.8 Å². The lowest BCUT2D eigenvalue weighted by molar-refractivity contribution is 0.198. The van der Waals surface area contributed by atoms with Crippen molar-refractivity contribution in [2.75, 3.05) is 18.9 Å². The first-order chi connectivity index (χ1) is 11.2. The van der Waals surface area contributed by atoms with Crippen molar-refractivity contribution in [1.82, 2.24) is 4.98 Å². The number of anilines is 1. The molecule has 0 aliphatic rings. The first-order valence-electron chi connectivity index (χ1n) is 6.51. The van der Waals surface area contributed by atoms with Gasteiger partial charge in [0.25, 0.3) is 5.69 Å². The summed E-state index contributed by atoms with van der Waals surface area (Å²) >= 11 is 0. The van der Waals surface area contributed by atoms with Gasteiger partial charge in [-0.1, -0.05) is 12.1 Å². The molecule has 0 unspecified atom stereocenters. The quantitative estimate of drug-likeness (QED) is 0.833. The highest BCUT2D eigenvalue weighted by Crippen LogP contribution is 2.41. The van der Waals surface area contributed by atoms with Crippen molar-refractivity contribution >= 4 is 11.5 Å². The van der Waals surface area contributed by atoms with Crippen LogP contribution < -0.4 is 10.5 Å². The number of ether oxygens (including phenoxy) is 1. The second-order valence-corrected chi connectivity index (χ2v) is 4.39. The minimum atomic E-state index is -0.245. The topological polar surface area (TPSA) is 120 Å². The fraction of sp³-hybridized carbons (Fsp3) is 0.125. The fourth-order valence-corrected chi connectivity index (χ4v) is 2.02. The van der Waals surface area contributed by atoms with Crippen LogP contribution in [0.4, 0.5) is 11.5 Å². The number of aliphatic hydroxyl groups is 1. The van der Waals surface area contributed by atoms with E-state index in [9.17, 15) is 5.26 Å². The second-order valence-electron chi connectivity index (χ2n) is 4.39. The van der Waals surface area contributed by atoms with E-state index in [2.05, 4.69) is 9.83 Å². The molecule has 0 fully saturated rings. The van der Waals surface area contributed by atoms with Crippen LogP contribution in [0.15, 0.2) is 24.3 Å². The summed E-state index contributed by atoms with van der Waals surface area (Å²) in [4.78, 5) is 7.33. The summed E-state index contributed by atoms with van der Waals surface area (Å²) in [5.74, 6) is -0.0999. The van der Waals surface area contributed by atoms with Gasteiger partial charge in [-0.15, -0.1) is 0 Å². The summed E-state index contributed by atoms with van der Waals surface area (Å²) < 4.78 is 5.25. The molecular weight excluding hydrogens is 294 g/mol. The smallest absolute Gasteiger partial charge is 0.256 e. The number of pyridine rings is 1. The molecule has 2 rings (SSSR count). The molecule has 2 aromatic rings. The Bertz CT molecular complexity index is 855. The van der Waals surface area contributed by atoms with Crippen LogP contribution >= 0.6 is 0 Å². The van der Waals surface area contributed by atoms with Crippen LogP contribution in [-0.2, 0) is 0 Å². The highest BCUT2D eigenvalue weighted by atomic mass is 16.5. The van der Waals surface area contributed by atoms with Gasteiger partial charge >= 0.3 is 0 Å². The van der Waals surface area contributed by atoms with Crippen LogP contribution in [0.3, 0.4) is 0 Å². The van der Waals surface area contributed by atoms with Crippen molar-refractivity contribution in [2.24, 2.45) is 0 Å². The molecule has 0 atom stereocenters. The van der Waals surface area contributed by atoms with Crippen LogP contribution in [0.1, 0.15) is 11.1 Å². The third kappa shape index (κ3) is 3.03. The molecule has 0 aliphatic carbocycles. The number of rotatable bonds is 4. The number of nitriles is 2. The van der Waals surface area contributed by atoms with E-state index in [1.54, 1.807) is 24.3 Å². The van der Waals surface area contributed by atoms with Crippen molar-refractivity contribution in [2.45, 2.75) is 0 Å².